The number of carbonyl (C=O) groups is 3. The zero-order valence-electron chi connectivity index (χ0n) is 18.8. The minimum atomic E-state index is -0.393. The van der Waals surface area contributed by atoms with Crippen molar-refractivity contribution in [2.75, 3.05) is 26.0 Å². The molecule has 8 heteroatoms. The van der Waals surface area contributed by atoms with Crippen LogP contribution in [-0.2, 0) is 16.1 Å². The standard InChI is InChI=1S/C23H29N3O4S/c1-7-26-15(3)19(21(16(26)4)22(28)30-8-2)13-14-20(27)24-17-9-11-18(12-10-17)31-23(29)25(5)6/h9-14H,7-8H2,1-6H3,(H,24,27)/b14-13+. The second kappa shape index (κ2) is 10.9. The van der Waals surface area contributed by atoms with Gasteiger partial charge in [-0.25, -0.2) is 4.79 Å². The van der Waals surface area contributed by atoms with E-state index in [-0.39, 0.29) is 17.8 Å². The lowest BCUT2D eigenvalue weighted by Crippen LogP contribution is -2.16. The summed E-state index contributed by atoms with van der Waals surface area (Å²) in [5.41, 5.74) is 3.50. The number of benzene rings is 1. The Balaban J connectivity index is 2.16. The molecule has 0 radical (unpaired) electrons. The summed E-state index contributed by atoms with van der Waals surface area (Å²) in [5.74, 6) is -0.711. The molecule has 1 aromatic carbocycles. The van der Waals surface area contributed by atoms with E-state index in [9.17, 15) is 14.4 Å². The fraction of sp³-hybridized carbons (Fsp3) is 0.348. The van der Waals surface area contributed by atoms with Crippen molar-refractivity contribution in [2.45, 2.75) is 39.1 Å². The molecule has 0 unspecified atom stereocenters. The molecular weight excluding hydrogens is 414 g/mol. The molecule has 7 nitrogen and oxygen atoms in total. The van der Waals surface area contributed by atoms with Crippen molar-refractivity contribution in [2.24, 2.45) is 0 Å². The van der Waals surface area contributed by atoms with Crippen LogP contribution in [0.3, 0.4) is 0 Å². The number of nitrogens with zero attached hydrogens (tertiary/aromatic N) is 2. The van der Waals surface area contributed by atoms with Crippen LogP contribution in [0.15, 0.2) is 35.2 Å². The predicted molar refractivity (Wildman–Crippen MR) is 125 cm³/mol. The Morgan fingerprint density at radius 2 is 1.74 bits per heavy atom. The van der Waals surface area contributed by atoms with Gasteiger partial charge >= 0.3 is 5.97 Å². The largest absolute Gasteiger partial charge is 0.462 e. The molecule has 2 amide bonds. The van der Waals surface area contributed by atoms with E-state index in [0.29, 0.717) is 23.4 Å². The summed E-state index contributed by atoms with van der Waals surface area (Å²) in [6.45, 7) is 8.56. The summed E-state index contributed by atoms with van der Waals surface area (Å²) in [5, 5.41) is 2.72. The maximum absolute atomic E-state index is 12.5. The molecule has 166 valence electrons. The number of nitrogens with one attached hydrogen (secondary N) is 1. The molecule has 1 aromatic heterocycles. The van der Waals surface area contributed by atoms with Crippen LogP contribution >= 0.6 is 11.8 Å². The lowest BCUT2D eigenvalue weighted by atomic mass is 10.1. The summed E-state index contributed by atoms with van der Waals surface area (Å²) < 4.78 is 7.23. The number of ether oxygens (including phenoxy) is 1. The Labute approximate surface area is 187 Å². The predicted octanol–water partition coefficient (Wildman–Crippen LogP) is 4.73. The van der Waals surface area contributed by atoms with E-state index in [2.05, 4.69) is 5.32 Å². The minimum absolute atomic E-state index is 0.0678. The maximum atomic E-state index is 12.5. The van der Waals surface area contributed by atoms with Crippen LogP contribution in [0.2, 0.25) is 0 Å². The van der Waals surface area contributed by atoms with Gasteiger partial charge in [-0.15, -0.1) is 0 Å². The number of carbonyl (C=O) groups excluding carboxylic acids is 3. The number of esters is 1. The number of thioether (sulfide) groups is 1. The third kappa shape index (κ3) is 6.01. The highest BCUT2D eigenvalue weighted by atomic mass is 32.2. The van der Waals surface area contributed by atoms with Gasteiger partial charge in [0.15, 0.2) is 0 Å². The number of hydrogen-bond donors (Lipinski definition) is 1. The number of rotatable bonds is 7. The van der Waals surface area contributed by atoms with E-state index in [0.717, 1.165) is 28.0 Å². The molecule has 31 heavy (non-hydrogen) atoms. The van der Waals surface area contributed by atoms with Crippen molar-refractivity contribution >= 4 is 40.6 Å². The molecule has 0 saturated heterocycles. The summed E-state index contributed by atoms with van der Waals surface area (Å²) in [6.07, 6.45) is 3.05. The second-order valence-corrected chi connectivity index (χ2v) is 8.06. The number of aromatic nitrogens is 1. The molecule has 1 N–H and O–H groups in total. The third-order valence-electron chi connectivity index (χ3n) is 4.72. The van der Waals surface area contributed by atoms with Crippen molar-refractivity contribution in [3.63, 3.8) is 0 Å². The maximum Gasteiger partial charge on any atom is 0.340 e. The molecule has 0 fully saturated rings. The highest BCUT2D eigenvalue weighted by Crippen LogP contribution is 2.25. The Hall–Kier alpha value is -3.00. The minimum Gasteiger partial charge on any atom is -0.462 e. The van der Waals surface area contributed by atoms with E-state index in [1.807, 2.05) is 25.3 Å². The van der Waals surface area contributed by atoms with E-state index < -0.39 is 5.97 Å². The van der Waals surface area contributed by atoms with Crippen LogP contribution in [0.4, 0.5) is 10.5 Å². The van der Waals surface area contributed by atoms with Crippen molar-refractivity contribution in [1.29, 1.82) is 0 Å². The number of amides is 2. The van der Waals surface area contributed by atoms with Gasteiger partial charge in [0.25, 0.3) is 5.24 Å². The summed E-state index contributed by atoms with van der Waals surface area (Å²) in [7, 11) is 3.39. The average molecular weight is 444 g/mol. The van der Waals surface area contributed by atoms with Crippen molar-refractivity contribution in [3.05, 3.63) is 52.9 Å². The van der Waals surface area contributed by atoms with Gasteiger partial charge < -0.3 is 19.5 Å². The van der Waals surface area contributed by atoms with Crippen molar-refractivity contribution < 1.29 is 19.1 Å². The van der Waals surface area contributed by atoms with Gasteiger partial charge in [0.05, 0.1) is 12.2 Å². The van der Waals surface area contributed by atoms with Gasteiger partial charge in [-0.05, 0) is 69.8 Å². The molecule has 0 atom stereocenters. The number of hydrogen-bond acceptors (Lipinski definition) is 5. The topological polar surface area (TPSA) is 80.6 Å². The van der Waals surface area contributed by atoms with Crippen LogP contribution in [0.5, 0.6) is 0 Å². The van der Waals surface area contributed by atoms with Gasteiger partial charge in [0, 0.05) is 54.3 Å². The molecule has 0 spiro atoms. The Morgan fingerprint density at radius 3 is 2.29 bits per heavy atom. The Bertz CT molecular complexity index is 991. The molecule has 0 aliphatic rings. The summed E-state index contributed by atoms with van der Waals surface area (Å²) >= 11 is 1.12. The summed E-state index contributed by atoms with van der Waals surface area (Å²) in [6, 6.07) is 7.03. The molecule has 0 bridgehead atoms. The van der Waals surface area contributed by atoms with Crippen LogP contribution < -0.4 is 5.32 Å². The van der Waals surface area contributed by atoms with Crippen LogP contribution in [0, 0.1) is 13.8 Å². The van der Waals surface area contributed by atoms with Crippen molar-refractivity contribution in [3.8, 4) is 0 Å². The second-order valence-electron chi connectivity index (χ2n) is 7.03. The Kier molecular flexibility index (Phi) is 8.50. The first-order chi connectivity index (χ1) is 14.7. The summed E-state index contributed by atoms with van der Waals surface area (Å²) in [4.78, 5) is 38.9. The van der Waals surface area contributed by atoms with Gasteiger partial charge in [-0.2, -0.15) is 0 Å². The smallest absolute Gasteiger partial charge is 0.340 e. The van der Waals surface area contributed by atoms with E-state index in [4.69, 9.17) is 4.74 Å². The first kappa shape index (κ1) is 24.3. The monoisotopic (exact) mass is 443 g/mol. The SMILES string of the molecule is CCOC(=O)c1c(/C=C/C(=O)Nc2ccc(SC(=O)N(C)C)cc2)c(C)n(CC)c1C. The quantitative estimate of drug-likeness (QED) is 0.380. The van der Waals surface area contributed by atoms with E-state index in [1.165, 1.54) is 11.0 Å². The molecule has 0 saturated carbocycles. The molecule has 2 rings (SSSR count). The van der Waals surface area contributed by atoms with Gasteiger partial charge in [-0.3, -0.25) is 9.59 Å². The van der Waals surface area contributed by atoms with Gasteiger partial charge in [-0.1, -0.05) is 0 Å². The first-order valence-electron chi connectivity index (χ1n) is 10.0. The van der Waals surface area contributed by atoms with Gasteiger partial charge in [0.2, 0.25) is 5.91 Å². The average Bonchev–Trinajstić information content (AvgIpc) is 2.96. The normalized spacial score (nSPS) is 10.9. The lowest BCUT2D eigenvalue weighted by Gasteiger charge is -2.09. The lowest BCUT2D eigenvalue weighted by molar-refractivity contribution is -0.111. The molecular formula is C23H29N3O4S. The molecule has 1 heterocycles. The van der Waals surface area contributed by atoms with Crippen LogP contribution in [0.1, 0.15) is 41.2 Å². The fourth-order valence-electron chi connectivity index (χ4n) is 3.19. The van der Waals surface area contributed by atoms with Crippen LogP contribution in [-0.4, -0.2) is 47.3 Å². The molecule has 0 aliphatic carbocycles. The third-order valence-corrected chi connectivity index (χ3v) is 5.77. The zero-order valence-corrected chi connectivity index (χ0v) is 19.6. The van der Waals surface area contributed by atoms with Crippen LogP contribution in [0.25, 0.3) is 6.08 Å². The Morgan fingerprint density at radius 1 is 1.10 bits per heavy atom. The highest BCUT2D eigenvalue weighted by molar-refractivity contribution is 8.13. The van der Waals surface area contributed by atoms with Gasteiger partial charge in [0.1, 0.15) is 0 Å². The van der Waals surface area contributed by atoms with E-state index in [1.54, 1.807) is 51.4 Å². The zero-order chi connectivity index (χ0) is 23.1. The van der Waals surface area contributed by atoms with E-state index >= 15 is 0 Å². The highest BCUT2D eigenvalue weighted by Gasteiger charge is 2.22. The molecule has 0 aliphatic heterocycles. The number of anilines is 1. The fourth-order valence-corrected chi connectivity index (χ4v) is 3.84. The van der Waals surface area contributed by atoms with Crippen molar-refractivity contribution in [1.82, 2.24) is 9.47 Å². The molecule has 2 aromatic rings. The first-order valence-corrected chi connectivity index (χ1v) is 10.9.